The number of nitrogens with one attached hydrogen (secondary N) is 2. The Hall–Kier alpha value is -2.17. The van der Waals surface area contributed by atoms with Crippen LogP contribution in [0.4, 0.5) is 0 Å². The molecule has 0 spiro atoms. The Morgan fingerprint density at radius 1 is 1.10 bits per heavy atom. The van der Waals surface area contributed by atoms with Crippen LogP contribution in [-0.2, 0) is 11.3 Å². The zero-order chi connectivity index (χ0) is 14.2. The highest BCUT2D eigenvalue weighted by atomic mass is 16.6. The van der Waals surface area contributed by atoms with Crippen molar-refractivity contribution in [3.05, 3.63) is 31.3 Å². The summed E-state index contributed by atoms with van der Waals surface area (Å²) in [5, 5.41) is 19.8. The lowest BCUT2D eigenvalue weighted by atomic mass is 10.1. The number of aromatic amines is 2. The average molecular weight is 282 g/mol. The lowest BCUT2D eigenvalue weighted by Crippen LogP contribution is -2.41. The van der Waals surface area contributed by atoms with Gasteiger partial charge in [-0.2, -0.15) is 0 Å². The molecule has 4 N–H and O–H groups in total. The SMILES string of the molecule is O=c1[nH]c(=O)n2c3c1[nH]c(=O)n3C[C@H]1O[C@@H]2[C@H](O)[C@@H]1O. The number of aliphatic hydroxyl groups excluding tert-OH is 2. The lowest BCUT2D eigenvalue weighted by Gasteiger charge is -2.19. The minimum atomic E-state index is -1.31. The maximum Gasteiger partial charge on any atom is 0.332 e. The molecule has 4 rings (SSSR count). The molecule has 0 aromatic carbocycles. The van der Waals surface area contributed by atoms with Crippen molar-refractivity contribution in [1.82, 2.24) is 19.1 Å². The fourth-order valence-corrected chi connectivity index (χ4v) is 2.87. The first kappa shape index (κ1) is 11.6. The van der Waals surface area contributed by atoms with E-state index < -0.39 is 41.5 Å². The van der Waals surface area contributed by atoms with E-state index in [4.69, 9.17) is 4.74 Å². The molecule has 2 aliphatic heterocycles. The van der Waals surface area contributed by atoms with Gasteiger partial charge in [0.05, 0.1) is 6.54 Å². The number of aromatic nitrogens is 4. The molecule has 2 aromatic heterocycles. The van der Waals surface area contributed by atoms with E-state index in [0.717, 1.165) is 9.13 Å². The smallest absolute Gasteiger partial charge is 0.332 e. The van der Waals surface area contributed by atoms with Gasteiger partial charge in [0.15, 0.2) is 17.4 Å². The first-order valence-corrected chi connectivity index (χ1v) is 5.98. The third-order valence-corrected chi connectivity index (χ3v) is 3.81. The van der Waals surface area contributed by atoms with Crippen LogP contribution in [0.2, 0.25) is 0 Å². The molecule has 2 aliphatic rings. The van der Waals surface area contributed by atoms with E-state index in [-0.39, 0.29) is 17.7 Å². The van der Waals surface area contributed by atoms with E-state index in [1.165, 1.54) is 0 Å². The van der Waals surface area contributed by atoms with Crippen LogP contribution in [0.5, 0.6) is 0 Å². The van der Waals surface area contributed by atoms with Gasteiger partial charge in [-0.05, 0) is 0 Å². The molecule has 4 heterocycles. The Morgan fingerprint density at radius 2 is 1.85 bits per heavy atom. The van der Waals surface area contributed by atoms with Crippen LogP contribution in [0.15, 0.2) is 14.4 Å². The van der Waals surface area contributed by atoms with Crippen molar-refractivity contribution in [3.8, 4) is 0 Å². The predicted molar refractivity (Wildman–Crippen MR) is 63.4 cm³/mol. The molecular weight excluding hydrogens is 272 g/mol. The Morgan fingerprint density at radius 3 is 2.60 bits per heavy atom. The summed E-state index contributed by atoms with van der Waals surface area (Å²) in [6, 6.07) is 0. The first-order chi connectivity index (χ1) is 9.49. The van der Waals surface area contributed by atoms with Crippen molar-refractivity contribution in [2.24, 2.45) is 0 Å². The minimum Gasteiger partial charge on any atom is -0.387 e. The van der Waals surface area contributed by atoms with Gasteiger partial charge in [0.25, 0.3) is 5.56 Å². The lowest BCUT2D eigenvalue weighted by molar-refractivity contribution is -0.0354. The third-order valence-electron chi connectivity index (χ3n) is 3.81. The van der Waals surface area contributed by atoms with Gasteiger partial charge in [0, 0.05) is 0 Å². The number of fused-ring (bicyclic) bond motifs is 3. The molecule has 2 aromatic rings. The van der Waals surface area contributed by atoms with Crippen LogP contribution in [0.3, 0.4) is 0 Å². The zero-order valence-electron chi connectivity index (χ0n) is 9.94. The van der Waals surface area contributed by atoms with Gasteiger partial charge in [0.2, 0.25) is 0 Å². The van der Waals surface area contributed by atoms with E-state index in [9.17, 15) is 24.6 Å². The molecule has 4 atom stereocenters. The van der Waals surface area contributed by atoms with Crippen molar-refractivity contribution in [2.75, 3.05) is 0 Å². The molecule has 0 radical (unpaired) electrons. The standard InChI is InChI=1S/C10H10N4O6/c15-4-2-1-13-7-3(11-9(13)18)6(17)12-10(19)14(7)8(20-2)5(4)16/h2,4-5,8,15-16H,1H2,(H,11,18)(H,12,17,19)/t2-,4-,5-,8-/m1/s1. The molecule has 2 bridgehead atoms. The van der Waals surface area contributed by atoms with E-state index in [0.29, 0.717) is 0 Å². The number of aliphatic hydroxyl groups is 2. The molecule has 10 heteroatoms. The highest BCUT2D eigenvalue weighted by Crippen LogP contribution is 2.33. The summed E-state index contributed by atoms with van der Waals surface area (Å²) in [6.07, 6.45) is -4.51. The van der Waals surface area contributed by atoms with E-state index in [1.54, 1.807) is 0 Å². The second kappa shape index (κ2) is 3.48. The van der Waals surface area contributed by atoms with Crippen LogP contribution in [-0.4, -0.2) is 47.6 Å². The summed E-state index contributed by atoms with van der Waals surface area (Å²) < 4.78 is 7.56. The largest absolute Gasteiger partial charge is 0.387 e. The maximum atomic E-state index is 12.0. The van der Waals surface area contributed by atoms with Crippen LogP contribution >= 0.6 is 0 Å². The zero-order valence-corrected chi connectivity index (χ0v) is 9.94. The van der Waals surface area contributed by atoms with Crippen LogP contribution in [0.25, 0.3) is 11.2 Å². The minimum absolute atomic E-state index is 0.0576. The molecule has 20 heavy (non-hydrogen) atoms. The topological polar surface area (TPSA) is 142 Å². The summed E-state index contributed by atoms with van der Waals surface area (Å²) in [7, 11) is 0. The fraction of sp³-hybridized carbons (Fsp3) is 0.500. The van der Waals surface area contributed by atoms with Gasteiger partial charge in [-0.15, -0.1) is 0 Å². The Labute approximate surface area is 108 Å². The number of rotatable bonds is 0. The van der Waals surface area contributed by atoms with E-state index in [1.807, 2.05) is 4.98 Å². The van der Waals surface area contributed by atoms with Gasteiger partial charge in [0.1, 0.15) is 18.3 Å². The van der Waals surface area contributed by atoms with Crippen LogP contribution < -0.4 is 16.9 Å². The van der Waals surface area contributed by atoms with E-state index in [2.05, 4.69) is 4.98 Å². The Bertz CT molecular complexity index is 888. The maximum absolute atomic E-state index is 12.0. The highest BCUT2D eigenvalue weighted by Gasteiger charge is 2.47. The van der Waals surface area contributed by atoms with Gasteiger partial charge in [-0.3, -0.25) is 19.3 Å². The monoisotopic (exact) mass is 282 g/mol. The number of hydrogen-bond acceptors (Lipinski definition) is 6. The normalized spacial score (nSPS) is 31.7. The molecule has 1 fully saturated rings. The summed E-state index contributed by atoms with van der Waals surface area (Å²) in [5.41, 5.74) is -2.11. The summed E-state index contributed by atoms with van der Waals surface area (Å²) in [5.74, 6) is 0. The third kappa shape index (κ3) is 1.20. The number of nitrogens with zero attached hydrogens (tertiary/aromatic N) is 2. The Balaban J connectivity index is 2.20. The molecule has 10 nitrogen and oxygen atoms in total. The number of H-pyrrole nitrogens is 2. The average Bonchev–Trinajstić information content (AvgIpc) is 2.78. The van der Waals surface area contributed by atoms with E-state index >= 15 is 0 Å². The highest BCUT2D eigenvalue weighted by molar-refractivity contribution is 5.70. The van der Waals surface area contributed by atoms with Crippen molar-refractivity contribution in [3.63, 3.8) is 0 Å². The van der Waals surface area contributed by atoms with Gasteiger partial charge in [-0.1, -0.05) is 0 Å². The molecule has 106 valence electrons. The first-order valence-electron chi connectivity index (χ1n) is 5.98. The van der Waals surface area contributed by atoms with Gasteiger partial charge < -0.3 is 14.9 Å². The molecular formula is C10H10N4O6. The molecule has 0 aliphatic carbocycles. The summed E-state index contributed by atoms with van der Waals surface area (Å²) in [6.45, 7) is -0.0591. The summed E-state index contributed by atoms with van der Waals surface area (Å²) in [4.78, 5) is 40.0. The fourth-order valence-electron chi connectivity index (χ4n) is 2.87. The van der Waals surface area contributed by atoms with Crippen molar-refractivity contribution < 1.29 is 14.9 Å². The number of ether oxygens (including phenoxy) is 1. The molecule has 0 unspecified atom stereocenters. The van der Waals surface area contributed by atoms with Crippen molar-refractivity contribution >= 4 is 11.2 Å². The number of hydrogen-bond donors (Lipinski definition) is 4. The van der Waals surface area contributed by atoms with Gasteiger partial charge >= 0.3 is 11.4 Å². The van der Waals surface area contributed by atoms with Crippen LogP contribution in [0, 0.1) is 0 Å². The van der Waals surface area contributed by atoms with Crippen molar-refractivity contribution in [1.29, 1.82) is 0 Å². The summed E-state index contributed by atoms with van der Waals surface area (Å²) >= 11 is 0. The number of imidazole rings is 1. The molecule has 1 saturated heterocycles. The predicted octanol–water partition coefficient (Wildman–Crippen LogP) is -3.19. The van der Waals surface area contributed by atoms with Crippen LogP contribution in [0.1, 0.15) is 6.23 Å². The molecule has 0 saturated carbocycles. The second-order valence-electron chi connectivity index (χ2n) is 4.91. The van der Waals surface area contributed by atoms with Crippen molar-refractivity contribution in [2.45, 2.75) is 31.1 Å². The molecule has 0 amide bonds. The second-order valence-corrected chi connectivity index (χ2v) is 4.91. The Kier molecular flexibility index (Phi) is 2.02. The quantitative estimate of drug-likeness (QED) is 0.401. The van der Waals surface area contributed by atoms with Gasteiger partial charge in [-0.25, -0.2) is 14.2 Å².